The Balaban J connectivity index is 2.08. The molecule has 1 aliphatic rings. The fourth-order valence-corrected chi connectivity index (χ4v) is 3.22. The highest BCUT2D eigenvalue weighted by atomic mass is 79.9. The first-order valence-corrected chi connectivity index (χ1v) is 5.79. The Morgan fingerprint density at radius 2 is 2.42 bits per heavy atom. The van der Waals surface area contributed by atoms with Crippen LogP contribution in [0.3, 0.4) is 0 Å². The van der Waals surface area contributed by atoms with Gasteiger partial charge in [0.1, 0.15) is 0 Å². The summed E-state index contributed by atoms with van der Waals surface area (Å²) >= 11 is 5.41. The van der Waals surface area contributed by atoms with E-state index in [1.165, 1.54) is 15.8 Å². The maximum atomic E-state index is 3.56. The third-order valence-corrected chi connectivity index (χ3v) is 4.31. The summed E-state index contributed by atoms with van der Waals surface area (Å²) in [6, 6.07) is 2.13. The van der Waals surface area contributed by atoms with Gasteiger partial charge in [0, 0.05) is 22.4 Å². The van der Waals surface area contributed by atoms with Crippen molar-refractivity contribution >= 4 is 27.3 Å². The van der Waals surface area contributed by atoms with Gasteiger partial charge >= 0.3 is 0 Å². The van der Waals surface area contributed by atoms with E-state index in [0.29, 0.717) is 5.41 Å². The van der Waals surface area contributed by atoms with Crippen LogP contribution in [0.4, 0.5) is 0 Å². The van der Waals surface area contributed by atoms with Crippen LogP contribution in [0.5, 0.6) is 0 Å². The lowest BCUT2D eigenvalue weighted by Crippen LogP contribution is -2.52. The maximum absolute atomic E-state index is 3.56. The maximum Gasteiger partial charge on any atom is 0.0314 e. The second kappa shape index (κ2) is 3.13. The molecule has 1 fully saturated rings. The normalized spacial score (nSPS) is 20.5. The molecule has 2 rings (SSSR count). The van der Waals surface area contributed by atoms with Crippen molar-refractivity contribution in [1.82, 2.24) is 5.32 Å². The van der Waals surface area contributed by atoms with Crippen molar-refractivity contribution in [2.75, 3.05) is 13.1 Å². The van der Waals surface area contributed by atoms with Crippen LogP contribution < -0.4 is 5.32 Å². The molecule has 0 unspecified atom stereocenters. The standard InChI is InChI=1S/C9H12BrNS/c1-9(5-11-6-9)4-8-7(10)2-3-12-8/h2-3,11H,4-6H2,1H3. The molecule has 1 aliphatic heterocycles. The fraction of sp³-hybridized carbons (Fsp3) is 0.556. The molecular formula is C9H12BrNS. The molecule has 1 saturated heterocycles. The molecule has 0 amide bonds. The van der Waals surface area contributed by atoms with Crippen LogP contribution in [0.15, 0.2) is 15.9 Å². The van der Waals surface area contributed by atoms with Crippen LogP contribution in [0.2, 0.25) is 0 Å². The van der Waals surface area contributed by atoms with E-state index in [1.54, 1.807) is 0 Å². The second-order valence-electron chi connectivity index (χ2n) is 3.78. The Labute approximate surface area is 85.3 Å². The summed E-state index contributed by atoms with van der Waals surface area (Å²) in [4.78, 5) is 1.49. The van der Waals surface area contributed by atoms with E-state index < -0.39 is 0 Å². The van der Waals surface area contributed by atoms with E-state index in [4.69, 9.17) is 0 Å². The number of halogens is 1. The lowest BCUT2D eigenvalue weighted by Gasteiger charge is -2.39. The monoisotopic (exact) mass is 245 g/mol. The minimum absolute atomic E-state index is 0.507. The Morgan fingerprint density at radius 3 is 2.83 bits per heavy atom. The molecule has 1 aromatic heterocycles. The summed E-state index contributed by atoms with van der Waals surface area (Å²) in [5, 5.41) is 5.47. The summed E-state index contributed by atoms with van der Waals surface area (Å²) in [7, 11) is 0. The molecule has 2 heterocycles. The van der Waals surface area contributed by atoms with Crippen molar-refractivity contribution in [3.8, 4) is 0 Å². The van der Waals surface area contributed by atoms with Gasteiger partial charge in [0.05, 0.1) is 0 Å². The van der Waals surface area contributed by atoms with E-state index in [2.05, 4.69) is 39.6 Å². The van der Waals surface area contributed by atoms with Gasteiger partial charge in [0.2, 0.25) is 0 Å². The first kappa shape index (κ1) is 8.73. The Kier molecular flexibility index (Phi) is 2.27. The van der Waals surface area contributed by atoms with Gasteiger partial charge in [-0.25, -0.2) is 0 Å². The molecule has 0 atom stereocenters. The van der Waals surface area contributed by atoms with Crippen LogP contribution in [0.1, 0.15) is 11.8 Å². The van der Waals surface area contributed by atoms with E-state index in [-0.39, 0.29) is 0 Å². The third kappa shape index (κ3) is 1.58. The Hall–Kier alpha value is 0.140. The van der Waals surface area contributed by atoms with Gasteiger partial charge in [-0.05, 0) is 39.2 Å². The lowest BCUT2D eigenvalue weighted by atomic mass is 9.80. The average molecular weight is 246 g/mol. The first-order valence-electron chi connectivity index (χ1n) is 4.12. The molecule has 1 nitrogen and oxygen atoms in total. The van der Waals surface area contributed by atoms with Crippen molar-refractivity contribution in [2.45, 2.75) is 13.3 Å². The first-order chi connectivity index (χ1) is 5.70. The van der Waals surface area contributed by atoms with Gasteiger partial charge in [-0.15, -0.1) is 11.3 Å². The number of thiophene rings is 1. The van der Waals surface area contributed by atoms with Crippen molar-refractivity contribution < 1.29 is 0 Å². The molecular weight excluding hydrogens is 234 g/mol. The Bertz CT molecular complexity index is 278. The minimum atomic E-state index is 0.507. The Morgan fingerprint density at radius 1 is 1.67 bits per heavy atom. The van der Waals surface area contributed by atoms with Crippen molar-refractivity contribution in [2.24, 2.45) is 5.41 Å². The molecule has 0 aromatic carbocycles. The summed E-state index contributed by atoms with van der Waals surface area (Å²) < 4.78 is 1.28. The van der Waals surface area contributed by atoms with Gasteiger partial charge < -0.3 is 5.32 Å². The largest absolute Gasteiger partial charge is 0.316 e. The molecule has 0 spiro atoms. The van der Waals surface area contributed by atoms with Gasteiger partial charge in [-0.2, -0.15) is 0 Å². The summed E-state index contributed by atoms with van der Waals surface area (Å²) in [5.41, 5.74) is 0.507. The van der Waals surface area contributed by atoms with Crippen molar-refractivity contribution in [3.63, 3.8) is 0 Å². The van der Waals surface area contributed by atoms with Crippen LogP contribution in [0.25, 0.3) is 0 Å². The lowest BCUT2D eigenvalue weighted by molar-refractivity contribution is 0.197. The summed E-state index contributed by atoms with van der Waals surface area (Å²) in [5.74, 6) is 0. The molecule has 0 saturated carbocycles. The predicted molar refractivity (Wildman–Crippen MR) is 56.7 cm³/mol. The fourth-order valence-electron chi connectivity index (χ4n) is 1.52. The zero-order valence-electron chi connectivity index (χ0n) is 7.06. The van der Waals surface area contributed by atoms with Gasteiger partial charge in [-0.1, -0.05) is 6.92 Å². The molecule has 0 radical (unpaired) electrons. The average Bonchev–Trinajstić information content (AvgIpc) is 2.34. The molecule has 12 heavy (non-hydrogen) atoms. The zero-order valence-corrected chi connectivity index (χ0v) is 9.46. The molecule has 1 N–H and O–H groups in total. The highest BCUT2D eigenvalue weighted by molar-refractivity contribution is 9.10. The molecule has 66 valence electrons. The second-order valence-corrected chi connectivity index (χ2v) is 5.64. The molecule has 0 bridgehead atoms. The summed E-state index contributed by atoms with van der Waals surface area (Å²) in [6.45, 7) is 4.67. The van der Waals surface area contributed by atoms with Gasteiger partial charge in [-0.3, -0.25) is 0 Å². The highest BCUT2D eigenvalue weighted by Gasteiger charge is 2.32. The van der Waals surface area contributed by atoms with E-state index in [1.807, 2.05) is 11.3 Å². The minimum Gasteiger partial charge on any atom is -0.316 e. The van der Waals surface area contributed by atoms with Crippen molar-refractivity contribution in [3.05, 3.63) is 20.8 Å². The SMILES string of the molecule is CC1(Cc2sccc2Br)CNC1. The predicted octanol–water partition coefficient (Wildman–Crippen LogP) is 2.66. The van der Waals surface area contributed by atoms with E-state index >= 15 is 0 Å². The number of rotatable bonds is 2. The zero-order chi connectivity index (χ0) is 8.60. The van der Waals surface area contributed by atoms with E-state index in [0.717, 1.165) is 13.1 Å². The van der Waals surface area contributed by atoms with Gasteiger partial charge in [0.25, 0.3) is 0 Å². The number of nitrogens with one attached hydrogen (secondary N) is 1. The smallest absolute Gasteiger partial charge is 0.0314 e. The van der Waals surface area contributed by atoms with Crippen molar-refractivity contribution in [1.29, 1.82) is 0 Å². The summed E-state index contributed by atoms with van der Waals surface area (Å²) in [6.07, 6.45) is 1.21. The van der Waals surface area contributed by atoms with Crippen LogP contribution in [0, 0.1) is 5.41 Å². The molecule has 3 heteroatoms. The van der Waals surface area contributed by atoms with Crippen LogP contribution in [-0.4, -0.2) is 13.1 Å². The van der Waals surface area contributed by atoms with E-state index in [9.17, 15) is 0 Å². The quantitative estimate of drug-likeness (QED) is 0.845. The topological polar surface area (TPSA) is 12.0 Å². The third-order valence-electron chi connectivity index (χ3n) is 2.38. The van der Waals surface area contributed by atoms with Gasteiger partial charge in [0.15, 0.2) is 0 Å². The number of hydrogen-bond acceptors (Lipinski definition) is 2. The van der Waals surface area contributed by atoms with Crippen LogP contribution in [-0.2, 0) is 6.42 Å². The van der Waals surface area contributed by atoms with Crippen LogP contribution >= 0.6 is 27.3 Å². The molecule has 1 aromatic rings. The molecule has 0 aliphatic carbocycles. The number of hydrogen-bond donors (Lipinski definition) is 1. The highest BCUT2D eigenvalue weighted by Crippen LogP contribution is 2.32.